The Morgan fingerprint density at radius 2 is 2.30 bits per heavy atom. The lowest BCUT2D eigenvalue weighted by Gasteiger charge is -2.16. The van der Waals surface area contributed by atoms with E-state index < -0.39 is 0 Å². The largest absolute Gasteiger partial charge is 0.384 e. The van der Waals surface area contributed by atoms with Crippen LogP contribution in [0.3, 0.4) is 0 Å². The number of nitrogens with zero attached hydrogens (tertiary/aromatic N) is 1. The molecule has 0 spiro atoms. The maximum Gasteiger partial charge on any atom is 0.224 e. The zero-order chi connectivity index (χ0) is 14.5. The molecule has 2 rings (SSSR count). The van der Waals surface area contributed by atoms with Gasteiger partial charge in [-0.15, -0.1) is 0 Å². The lowest BCUT2D eigenvalue weighted by atomic mass is 9.97. The molecule has 1 atom stereocenters. The average Bonchev–Trinajstić information content (AvgIpc) is 2.89. The summed E-state index contributed by atoms with van der Waals surface area (Å²) in [7, 11) is 1.61. The molecular weight excluding hydrogens is 257 g/mol. The summed E-state index contributed by atoms with van der Waals surface area (Å²) in [5.74, 6) is 0.493. The van der Waals surface area contributed by atoms with E-state index in [2.05, 4.69) is 0 Å². The third-order valence-electron chi connectivity index (χ3n) is 3.91. The van der Waals surface area contributed by atoms with Crippen molar-refractivity contribution < 1.29 is 13.9 Å². The molecule has 0 saturated carbocycles. The van der Waals surface area contributed by atoms with E-state index >= 15 is 0 Å². The molecule has 1 amide bonds. The summed E-state index contributed by atoms with van der Waals surface area (Å²) in [4.78, 5) is 13.8. The summed E-state index contributed by atoms with van der Waals surface area (Å²) in [6, 6.07) is 5.28. The fourth-order valence-corrected chi connectivity index (χ4v) is 2.74. The van der Waals surface area contributed by atoms with Crippen LogP contribution in [0.4, 0.5) is 4.39 Å². The quantitative estimate of drug-likeness (QED) is 0.829. The van der Waals surface area contributed by atoms with Gasteiger partial charge >= 0.3 is 0 Å². The van der Waals surface area contributed by atoms with Crippen molar-refractivity contribution >= 4 is 5.91 Å². The normalized spacial score (nSPS) is 18.6. The highest BCUT2D eigenvalue weighted by Gasteiger charge is 2.25. The maximum absolute atomic E-state index is 13.2. The Bertz CT molecular complexity index is 476. The number of aryl methyl sites for hydroxylation is 1. The van der Waals surface area contributed by atoms with Gasteiger partial charge in [0.05, 0.1) is 13.0 Å². The Morgan fingerprint density at radius 1 is 1.50 bits per heavy atom. The fraction of sp³-hybridized carbons (Fsp3) is 0.562. The molecule has 0 aliphatic carbocycles. The SMILES string of the molecule is COCCC(=O)N1CCC(Cc2ccc(F)c(C)c2)C1. The molecule has 110 valence electrons. The van der Waals surface area contributed by atoms with E-state index in [1.165, 1.54) is 6.07 Å². The summed E-state index contributed by atoms with van der Waals surface area (Å²) in [5, 5.41) is 0. The van der Waals surface area contributed by atoms with Crippen LogP contribution >= 0.6 is 0 Å². The van der Waals surface area contributed by atoms with E-state index in [1.54, 1.807) is 14.0 Å². The van der Waals surface area contributed by atoms with Crippen LogP contribution in [-0.2, 0) is 16.0 Å². The van der Waals surface area contributed by atoms with E-state index in [9.17, 15) is 9.18 Å². The first-order chi connectivity index (χ1) is 9.60. The number of benzene rings is 1. The van der Waals surface area contributed by atoms with Crippen LogP contribution in [-0.4, -0.2) is 37.6 Å². The van der Waals surface area contributed by atoms with Gasteiger partial charge in [0, 0.05) is 20.2 Å². The number of hydrogen-bond acceptors (Lipinski definition) is 2. The molecule has 0 N–H and O–H groups in total. The smallest absolute Gasteiger partial charge is 0.224 e. The molecule has 4 heteroatoms. The van der Waals surface area contributed by atoms with Gasteiger partial charge in [0.15, 0.2) is 0 Å². The van der Waals surface area contributed by atoms with Crippen LogP contribution < -0.4 is 0 Å². The third kappa shape index (κ3) is 3.79. The van der Waals surface area contributed by atoms with E-state index in [4.69, 9.17) is 4.74 Å². The monoisotopic (exact) mass is 279 g/mol. The first-order valence-corrected chi connectivity index (χ1v) is 7.12. The average molecular weight is 279 g/mol. The standard InChI is InChI=1S/C16H22FNO2/c1-12-9-13(3-4-15(12)17)10-14-5-7-18(11-14)16(19)6-8-20-2/h3-4,9,14H,5-8,10-11H2,1-2H3. The van der Waals surface area contributed by atoms with Crippen LogP contribution in [0.2, 0.25) is 0 Å². The maximum atomic E-state index is 13.2. The highest BCUT2D eigenvalue weighted by atomic mass is 19.1. The molecule has 1 fully saturated rings. The van der Waals surface area contributed by atoms with Gasteiger partial charge in [0.1, 0.15) is 5.82 Å². The van der Waals surface area contributed by atoms with Crippen LogP contribution in [0.5, 0.6) is 0 Å². The molecular formula is C16H22FNO2. The van der Waals surface area contributed by atoms with E-state index in [-0.39, 0.29) is 11.7 Å². The minimum Gasteiger partial charge on any atom is -0.384 e. The predicted molar refractivity (Wildman–Crippen MR) is 76.0 cm³/mol. The van der Waals surface area contributed by atoms with Gasteiger partial charge in [-0.1, -0.05) is 12.1 Å². The molecule has 1 saturated heterocycles. The minimum atomic E-state index is -0.156. The first-order valence-electron chi connectivity index (χ1n) is 7.12. The van der Waals surface area contributed by atoms with Crippen molar-refractivity contribution in [3.63, 3.8) is 0 Å². The highest BCUT2D eigenvalue weighted by Crippen LogP contribution is 2.22. The highest BCUT2D eigenvalue weighted by molar-refractivity contribution is 5.76. The molecule has 1 aromatic rings. The van der Waals surface area contributed by atoms with Crippen LogP contribution in [0.25, 0.3) is 0 Å². The molecule has 0 aromatic heterocycles. The van der Waals surface area contributed by atoms with Gasteiger partial charge in [0.2, 0.25) is 5.91 Å². The molecule has 1 aliphatic rings. The molecule has 1 heterocycles. The van der Waals surface area contributed by atoms with Crippen LogP contribution in [0, 0.1) is 18.7 Å². The number of likely N-dealkylation sites (tertiary alicyclic amines) is 1. The number of rotatable bonds is 5. The number of ether oxygens (including phenoxy) is 1. The number of halogens is 1. The second-order valence-corrected chi connectivity index (χ2v) is 5.52. The van der Waals surface area contributed by atoms with Crippen LogP contribution in [0.1, 0.15) is 24.0 Å². The van der Waals surface area contributed by atoms with Gasteiger partial charge in [-0.05, 0) is 42.9 Å². The zero-order valence-corrected chi connectivity index (χ0v) is 12.2. The number of carbonyl (C=O) groups excluding carboxylic acids is 1. The number of amides is 1. The second kappa shape index (κ2) is 6.84. The Hall–Kier alpha value is -1.42. The predicted octanol–water partition coefficient (Wildman–Crippen LogP) is 2.56. The van der Waals surface area contributed by atoms with Gasteiger partial charge in [-0.25, -0.2) is 4.39 Å². The van der Waals surface area contributed by atoms with Crippen molar-refractivity contribution in [2.24, 2.45) is 5.92 Å². The summed E-state index contributed by atoms with van der Waals surface area (Å²) in [5.41, 5.74) is 1.84. The molecule has 0 radical (unpaired) electrons. The fourth-order valence-electron chi connectivity index (χ4n) is 2.74. The van der Waals surface area contributed by atoms with Gasteiger partial charge in [0.25, 0.3) is 0 Å². The third-order valence-corrected chi connectivity index (χ3v) is 3.91. The molecule has 1 aromatic carbocycles. The summed E-state index contributed by atoms with van der Waals surface area (Å²) in [6.45, 7) is 3.90. The minimum absolute atomic E-state index is 0.156. The van der Waals surface area contributed by atoms with E-state index in [0.29, 0.717) is 24.5 Å². The molecule has 20 heavy (non-hydrogen) atoms. The lowest BCUT2D eigenvalue weighted by molar-refractivity contribution is -0.131. The lowest BCUT2D eigenvalue weighted by Crippen LogP contribution is -2.29. The van der Waals surface area contributed by atoms with Crippen molar-refractivity contribution in [3.8, 4) is 0 Å². The molecule has 1 unspecified atom stereocenters. The Labute approximate surface area is 119 Å². The van der Waals surface area contributed by atoms with Crippen molar-refractivity contribution in [1.82, 2.24) is 4.90 Å². The van der Waals surface area contributed by atoms with Crippen molar-refractivity contribution in [2.75, 3.05) is 26.8 Å². The molecule has 1 aliphatic heterocycles. The van der Waals surface area contributed by atoms with Crippen molar-refractivity contribution in [1.29, 1.82) is 0 Å². The Balaban J connectivity index is 1.86. The van der Waals surface area contributed by atoms with Crippen LogP contribution in [0.15, 0.2) is 18.2 Å². The van der Waals surface area contributed by atoms with Gasteiger partial charge in [-0.2, -0.15) is 0 Å². The van der Waals surface area contributed by atoms with Crippen molar-refractivity contribution in [2.45, 2.75) is 26.2 Å². The zero-order valence-electron chi connectivity index (χ0n) is 12.2. The first kappa shape index (κ1) is 15.0. The van der Waals surface area contributed by atoms with Gasteiger partial charge < -0.3 is 9.64 Å². The second-order valence-electron chi connectivity index (χ2n) is 5.52. The molecule has 3 nitrogen and oxygen atoms in total. The number of hydrogen-bond donors (Lipinski definition) is 0. The van der Waals surface area contributed by atoms with Crippen molar-refractivity contribution in [3.05, 3.63) is 35.1 Å². The van der Waals surface area contributed by atoms with Gasteiger partial charge in [-0.3, -0.25) is 4.79 Å². The Morgan fingerprint density at radius 3 is 3.00 bits per heavy atom. The topological polar surface area (TPSA) is 29.5 Å². The molecule has 0 bridgehead atoms. The van der Waals surface area contributed by atoms with E-state index in [1.807, 2.05) is 17.0 Å². The summed E-state index contributed by atoms with van der Waals surface area (Å²) < 4.78 is 18.2. The number of methoxy groups -OCH3 is 1. The Kier molecular flexibility index (Phi) is 5.12. The number of carbonyl (C=O) groups is 1. The van der Waals surface area contributed by atoms with E-state index in [0.717, 1.165) is 31.5 Å². The summed E-state index contributed by atoms with van der Waals surface area (Å²) >= 11 is 0. The summed E-state index contributed by atoms with van der Waals surface area (Å²) in [6.07, 6.45) is 2.39.